The van der Waals surface area contributed by atoms with Crippen molar-refractivity contribution in [1.82, 2.24) is 5.32 Å². The van der Waals surface area contributed by atoms with Crippen LogP contribution in [0.25, 0.3) is 0 Å². The lowest BCUT2D eigenvalue weighted by molar-refractivity contribution is -0.119. The smallest absolute Gasteiger partial charge is 0.239 e. The van der Waals surface area contributed by atoms with E-state index in [9.17, 15) is 4.79 Å². The second-order valence-electron chi connectivity index (χ2n) is 5.19. The first-order chi connectivity index (χ1) is 11.1. The summed E-state index contributed by atoms with van der Waals surface area (Å²) in [7, 11) is 0. The van der Waals surface area contributed by atoms with Crippen molar-refractivity contribution in [2.24, 2.45) is 0 Å². The highest BCUT2D eigenvalue weighted by Crippen LogP contribution is 2.19. The Bertz CT molecular complexity index is 737. The summed E-state index contributed by atoms with van der Waals surface area (Å²) in [6.45, 7) is 2.82. The van der Waals surface area contributed by atoms with E-state index < -0.39 is 0 Å². The molecule has 5 heteroatoms. The molecule has 0 saturated heterocycles. The zero-order valence-corrected chi connectivity index (χ0v) is 13.7. The van der Waals surface area contributed by atoms with Gasteiger partial charge in [0.15, 0.2) is 0 Å². The average Bonchev–Trinajstić information content (AvgIpc) is 2.55. The molecule has 23 heavy (non-hydrogen) atoms. The van der Waals surface area contributed by atoms with Crippen molar-refractivity contribution in [2.75, 3.05) is 18.4 Å². The predicted octanol–water partition coefficient (Wildman–Crippen LogP) is 3.29. The van der Waals surface area contributed by atoms with Crippen molar-refractivity contribution >= 4 is 23.2 Å². The third-order valence-electron chi connectivity index (χ3n) is 3.52. The summed E-state index contributed by atoms with van der Waals surface area (Å²) in [5.74, 6) is -0.0842. The minimum atomic E-state index is -0.0842. The van der Waals surface area contributed by atoms with Crippen LogP contribution >= 0.6 is 11.6 Å². The molecule has 0 spiro atoms. The summed E-state index contributed by atoms with van der Waals surface area (Å²) in [6.07, 6.45) is 0.807. The Morgan fingerprint density at radius 3 is 2.74 bits per heavy atom. The fourth-order valence-electron chi connectivity index (χ4n) is 2.19. The second-order valence-corrected chi connectivity index (χ2v) is 5.59. The molecule has 1 amide bonds. The van der Waals surface area contributed by atoms with Gasteiger partial charge < -0.3 is 10.6 Å². The molecule has 118 valence electrons. The first kappa shape index (κ1) is 16.9. The van der Waals surface area contributed by atoms with Crippen LogP contribution in [-0.4, -0.2) is 19.0 Å². The maximum Gasteiger partial charge on any atom is 0.239 e. The summed E-state index contributed by atoms with van der Waals surface area (Å²) in [4.78, 5) is 11.8. The van der Waals surface area contributed by atoms with Crippen LogP contribution in [-0.2, 0) is 11.2 Å². The van der Waals surface area contributed by atoms with E-state index in [1.807, 2.05) is 18.2 Å². The molecule has 0 saturated carbocycles. The average molecular weight is 328 g/mol. The van der Waals surface area contributed by atoms with Gasteiger partial charge in [0.2, 0.25) is 5.91 Å². The summed E-state index contributed by atoms with van der Waals surface area (Å²) in [5.41, 5.74) is 3.59. The first-order valence-corrected chi connectivity index (χ1v) is 7.72. The molecule has 0 aromatic heterocycles. The number of nitrogens with one attached hydrogen (secondary N) is 2. The molecule has 4 nitrogen and oxygen atoms in total. The third-order valence-corrected chi connectivity index (χ3v) is 3.83. The number of carbonyl (C=O) groups is 1. The highest BCUT2D eigenvalue weighted by molar-refractivity contribution is 6.32. The van der Waals surface area contributed by atoms with Crippen molar-refractivity contribution < 1.29 is 4.79 Å². The molecule has 0 unspecified atom stereocenters. The standard InChI is InChI=1S/C18H18ClN3O/c1-13-4-2-3-5-14(13)8-9-21-18(23)12-22-16-7-6-15(11-20)17(19)10-16/h2-7,10,22H,8-9,12H2,1H3,(H,21,23). The number of hydrogen-bond acceptors (Lipinski definition) is 3. The first-order valence-electron chi connectivity index (χ1n) is 7.35. The van der Waals surface area contributed by atoms with Crippen molar-refractivity contribution in [3.63, 3.8) is 0 Å². The van der Waals surface area contributed by atoms with Crippen molar-refractivity contribution in [3.05, 3.63) is 64.2 Å². The summed E-state index contributed by atoms with van der Waals surface area (Å²) < 4.78 is 0. The van der Waals surface area contributed by atoms with E-state index in [-0.39, 0.29) is 12.5 Å². The predicted molar refractivity (Wildman–Crippen MR) is 92.5 cm³/mol. The number of anilines is 1. The molecular formula is C18H18ClN3O. The van der Waals surface area contributed by atoms with Crippen molar-refractivity contribution in [3.8, 4) is 6.07 Å². The molecule has 2 rings (SSSR count). The van der Waals surface area contributed by atoms with Gasteiger partial charge in [-0.15, -0.1) is 0 Å². The van der Waals surface area contributed by atoms with Gasteiger partial charge in [-0.2, -0.15) is 5.26 Å². The monoisotopic (exact) mass is 327 g/mol. The van der Waals surface area contributed by atoms with Gasteiger partial charge in [0.25, 0.3) is 0 Å². The van der Waals surface area contributed by atoms with E-state index in [4.69, 9.17) is 16.9 Å². The molecule has 0 atom stereocenters. The molecule has 2 aromatic rings. The minimum Gasteiger partial charge on any atom is -0.376 e. The second kappa shape index (κ2) is 8.21. The number of rotatable bonds is 6. The van der Waals surface area contributed by atoms with E-state index in [0.29, 0.717) is 22.8 Å². The Morgan fingerprint density at radius 1 is 1.26 bits per heavy atom. The van der Waals surface area contributed by atoms with Gasteiger partial charge >= 0.3 is 0 Å². The van der Waals surface area contributed by atoms with Gasteiger partial charge in [-0.1, -0.05) is 35.9 Å². The molecule has 2 aromatic carbocycles. The molecular weight excluding hydrogens is 310 g/mol. The number of carbonyl (C=O) groups excluding carboxylic acids is 1. The lowest BCUT2D eigenvalue weighted by Crippen LogP contribution is -2.31. The molecule has 0 fully saturated rings. The fraction of sp³-hybridized carbons (Fsp3) is 0.222. The molecule has 2 N–H and O–H groups in total. The topological polar surface area (TPSA) is 64.9 Å². The number of amides is 1. The van der Waals surface area contributed by atoms with Crippen LogP contribution in [0.3, 0.4) is 0 Å². The van der Waals surface area contributed by atoms with Crippen LogP contribution in [0.1, 0.15) is 16.7 Å². The fourth-order valence-corrected chi connectivity index (χ4v) is 2.41. The molecule has 0 aliphatic carbocycles. The van der Waals surface area contributed by atoms with E-state index in [1.54, 1.807) is 18.2 Å². The summed E-state index contributed by atoms with van der Waals surface area (Å²) >= 11 is 5.95. The molecule has 0 bridgehead atoms. The number of hydrogen-bond donors (Lipinski definition) is 2. The number of benzene rings is 2. The number of nitriles is 1. The number of halogens is 1. The maximum absolute atomic E-state index is 11.8. The van der Waals surface area contributed by atoms with Gasteiger partial charge in [-0.25, -0.2) is 0 Å². The van der Waals surface area contributed by atoms with Crippen LogP contribution in [0.2, 0.25) is 5.02 Å². The number of nitrogens with zero attached hydrogens (tertiary/aromatic N) is 1. The van der Waals surface area contributed by atoms with Crippen LogP contribution in [0, 0.1) is 18.3 Å². The van der Waals surface area contributed by atoms with Gasteiger partial charge in [-0.05, 0) is 42.7 Å². The highest BCUT2D eigenvalue weighted by atomic mass is 35.5. The Hall–Kier alpha value is -2.51. The largest absolute Gasteiger partial charge is 0.376 e. The normalized spacial score (nSPS) is 9.96. The van der Waals surface area contributed by atoms with Gasteiger partial charge in [-0.3, -0.25) is 4.79 Å². The van der Waals surface area contributed by atoms with Gasteiger partial charge in [0, 0.05) is 12.2 Å². The third kappa shape index (κ3) is 5.01. The zero-order valence-electron chi connectivity index (χ0n) is 12.9. The Morgan fingerprint density at radius 2 is 2.04 bits per heavy atom. The van der Waals surface area contributed by atoms with Crippen LogP contribution in [0.5, 0.6) is 0 Å². The van der Waals surface area contributed by atoms with E-state index in [0.717, 1.165) is 6.42 Å². The molecule has 0 radical (unpaired) electrons. The molecule has 0 heterocycles. The molecule has 0 aliphatic rings. The minimum absolute atomic E-state index is 0.0842. The zero-order chi connectivity index (χ0) is 16.7. The SMILES string of the molecule is Cc1ccccc1CCNC(=O)CNc1ccc(C#N)c(Cl)c1. The van der Waals surface area contributed by atoms with E-state index in [2.05, 4.69) is 29.7 Å². The quantitative estimate of drug-likeness (QED) is 0.855. The van der Waals surface area contributed by atoms with Crippen LogP contribution < -0.4 is 10.6 Å². The Balaban J connectivity index is 1.76. The maximum atomic E-state index is 11.8. The van der Waals surface area contributed by atoms with Crippen LogP contribution in [0.15, 0.2) is 42.5 Å². The van der Waals surface area contributed by atoms with Crippen molar-refractivity contribution in [2.45, 2.75) is 13.3 Å². The number of aryl methyl sites for hydroxylation is 1. The highest BCUT2D eigenvalue weighted by Gasteiger charge is 2.04. The van der Waals surface area contributed by atoms with E-state index in [1.165, 1.54) is 11.1 Å². The lowest BCUT2D eigenvalue weighted by Gasteiger charge is -2.09. The summed E-state index contributed by atoms with van der Waals surface area (Å²) in [5, 5.41) is 15.1. The van der Waals surface area contributed by atoms with Crippen molar-refractivity contribution in [1.29, 1.82) is 5.26 Å². The van der Waals surface area contributed by atoms with Gasteiger partial charge in [0.05, 0.1) is 17.1 Å². The Kier molecular flexibility index (Phi) is 6.02. The van der Waals surface area contributed by atoms with Crippen LogP contribution in [0.4, 0.5) is 5.69 Å². The van der Waals surface area contributed by atoms with E-state index >= 15 is 0 Å². The lowest BCUT2D eigenvalue weighted by atomic mass is 10.1. The summed E-state index contributed by atoms with van der Waals surface area (Å²) in [6, 6.07) is 15.1. The van der Waals surface area contributed by atoms with Gasteiger partial charge in [0.1, 0.15) is 6.07 Å². The Labute approximate surface area is 141 Å². The molecule has 0 aliphatic heterocycles.